The molecule has 104 valence electrons. The lowest BCUT2D eigenvalue weighted by Crippen LogP contribution is -2.51. The third kappa shape index (κ3) is 1.96. The van der Waals surface area contributed by atoms with Crippen LogP contribution in [0.25, 0.3) is 0 Å². The van der Waals surface area contributed by atoms with Gasteiger partial charge < -0.3 is 25.6 Å². The number of amides is 1. The minimum Gasteiger partial charge on any atom is -0.394 e. The number of ether oxygens (including phenoxy) is 1. The van der Waals surface area contributed by atoms with Gasteiger partial charge in [-0.25, -0.2) is 4.98 Å². The molecule has 6 N–H and O–H groups in total. The summed E-state index contributed by atoms with van der Waals surface area (Å²) in [5.41, 5.74) is 5.86. The smallest absolute Gasteiger partial charge is 0.276 e. The van der Waals surface area contributed by atoms with Gasteiger partial charge in [-0.05, 0) is 0 Å². The molecule has 0 bridgehead atoms. The van der Waals surface area contributed by atoms with Crippen molar-refractivity contribution in [2.45, 2.75) is 31.1 Å². The summed E-state index contributed by atoms with van der Waals surface area (Å²) < 4.78 is 7.12. The maximum absolute atomic E-state index is 11.7. The van der Waals surface area contributed by atoms with Crippen LogP contribution in [0, 0.1) is 0 Å². The molecule has 0 saturated carbocycles. The number of aliphatic hydroxyl groups is 2. The lowest BCUT2D eigenvalue weighted by atomic mass is 10.2. The van der Waals surface area contributed by atoms with E-state index in [9.17, 15) is 9.90 Å². The first-order valence-electron chi connectivity index (χ1n) is 5.94. The number of hydrogen-bond donors (Lipinski definition) is 5. The van der Waals surface area contributed by atoms with Crippen molar-refractivity contribution in [2.75, 3.05) is 11.9 Å². The number of carbonyl (C=O) groups excluding carboxylic acids is 1. The molecule has 0 spiro atoms. The Bertz CT molecular complexity index is 504. The minimum atomic E-state index is -0.751. The molecule has 1 aromatic heterocycles. The molecule has 0 aromatic carbocycles. The SMILES string of the molecule is NC1NC(=O)c2ncn([C@H]3C[C@H](O)[C@@H](CO)O3)c2N1. The first-order chi connectivity index (χ1) is 9.10. The van der Waals surface area contributed by atoms with Crippen molar-refractivity contribution in [2.24, 2.45) is 5.73 Å². The minimum absolute atomic E-state index is 0.229. The third-order valence-electron chi connectivity index (χ3n) is 3.28. The maximum Gasteiger partial charge on any atom is 0.276 e. The average molecular weight is 269 g/mol. The first kappa shape index (κ1) is 12.4. The summed E-state index contributed by atoms with van der Waals surface area (Å²) >= 11 is 0. The van der Waals surface area contributed by atoms with Crippen molar-refractivity contribution < 1.29 is 19.7 Å². The predicted molar refractivity (Wildman–Crippen MR) is 62.9 cm³/mol. The molecule has 1 amide bonds. The van der Waals surface area contributed by atoms with E-state index >= 15 is 0 Å². The van der Waals surface area contributed by atoms with Crippen LogP contribution in [0.15, 0.2) is 6.33 Å². The van der Waals surface area contributed by atoms with Gasteiger partial charge in [-0.2, -0.15) is 0 Å². The quantitative estimate of drug-likeness (QED) is 0.416. The van der Waals surface area contributed by atoms with Crippen LogP contribution >= 0.6 is 0 Å². The summed E-state index contributed by atoms with van der Waals surface area (Å²) in [5.74, 6) is 0.0873. The summed E-state index contributed by atoms with van der Waals surface area (Å²) in [6, 6.07) is 0. The Morgan fingerprint density at radius 1 is 1.58 bits per heavy atom. The van der Waals surface area contributed by atoms with Gasteiger partial charge in [-0.15, -0.1) is 0 Å². The van der Waals surface area contributed by atoms with E-state index in [4.69, 9.17) is 15.6 Å². The highest BCUT2D eigenvalue weighted by Gasteiger charge is 2.37. The summed E-state index contributed by atoms with van der Waals surface area (Å²) in [7, 11) is 0. The fraction of sp³-hybridized carbons (Fsp3) is 0.600. The molecule has 2 aliphatic rings. The largest absolute Gasteiger partial charge is 0.394 e. The highest BCUT2D eigenvalue weighted by Crippen LogP contribution is 2.32. The standard InChI is InChI=1S/C10H15N5O4/c11-10-13-8-7(9(18)14-10)12-3-15(8)6-1-4(17)5(2-16)19-6/h3-6,10,13,16-17H,1-2,11H2,(H,14,18)/t4-,5+,6+,10?/m0/s1. The average Bonchev–Trinajstić information content (AvgIpc) is 2.92. The molecule has 1 aromatic rings. The fourth-order valence-electron chi connectivity index (χ4n) is 2.33. The lowest BCUT2D eigenvalue weighted by molar-refractivity contribution is -0.0438. The van der Waals surface area contributed by atoms with E-state index in [0.717, 1.165) is 0 Å². The van der Waals surface area contributed by atoms with Gasteiger partial charge in [0.15, 0.2) is 12.0 Å². The van der Waals surface area contributed by atoms with Gasteiger partial charge in [-0.3, -0.25) is 15.1 Å². The van der Waals surface area contributed by atoms with Crippen LogP contribution in [0.5, 0.6) is 0 Å². The molecule has 1 unspecified atom stereocenters. The number of nitrogens with zero attached hydrogens (tertiary/aromatic N) is 2. The summed E-state index contributed by atoms with van der Waals surface area (Å²) in [6.07, 6.45) is -0.809. The molecule has 3 rings (SSSR count). The molecule has 19 heavy (non-hydrogen) atoms. The predicted octanol–water partition coefficient (Wildman–Crippen LogP) is -2.08. The van der Waals surface area contributed by atoms with Crippen LogP contribution in [0.2, 0.25) is 0 Å². The number of nitrogens with two attached hydrogens (primary N) is 1. The Kier molecular flexibility index (Phi) is 2.90. The Balaban J connectivity index is 1.89. The zero-order valence-electron chi connectivity index (χ0n) is 9.98. The van der Waals surface area contributed by atoms with Crippen LogP contribution in [0.4, 0.5) is 5.82 Å². The molecule has 2 aliphatic heterocycles. The van der Waals surface area contributed by atoms with Crippen LogP contribution in [-0.2, 0) is 4.74 Å². The van der Waals surface area contributed by atoms with Gasteiger partial charge in [0.1, 0.15) is 18.1 Å². The molecular weight excluding hydrogens is 254 g/mol. The zero-order valence-corrected chi connectivity index (χ0v) is 9.98. The van der Waals surface area contributed by atoms with Gasteiger partial charge in [-0.1, -0.05) is 0 Å². The lowest BCUT2D eigenvalue weighted by Gasteiger charge is -2.24. The number of rotatable bonds is 2. The van der Waals surface area contributed by atoms with Gasteiger partial charge in [0.2, 0.25) is 0 Å². The zero-order chi connectivity index (χ0) is 13.6. The summed E-state index contributed by atoms with van der Waals surface area (Å²) in [4.78, 5) is 15.7. The van der Waals surface area contributed by atoms with Crippen molar-refractivity contribution in [1.29, 1.82) is 0 Å². The van der Waals surface area contributed by atoms with Gasteiger partial charge in [0.05, 0.1) is 19.0 Å². The molecule has 0 aliphatic carbocycles. The van der Waals surface area contributed by atoms with Crippen molar-refractivity contribution in [1.82, 2.24) is 14.9 Å². The second-order valence-electron chi connectivity index (χ2n) is 4.56. The highest BCUT2D eigenvalue weighted by atomic mass is 16.5. The Morgan fingerprint density at radius 2 is 2.37 bits per heavy atom. The number of anilines is 1. The van der Waals surface area contributed by atoms with E-state index in [0.29, 0.717) is 12.2 Å². The Hall–Kier alpha value is -1.68. The summed E-state index contributed by atoms with van der Waals surface area (Å²) in [5, 5.41) is 24.2. The number of imidazole rings is 1. The second-order valence-corrected chi connectivity index (χ2v) is 4.56. The molecule has 1 fully saturated rings. The van der Waals surface area contributed by atoms with Gasteiger partial charge in [0, 0.05) is 6.42 Å². The number of aromatic nitrogens is 2. The van der Waals surface area contributed by atoms with Crippen LogP contribution < -0.4 is 16.4 Å². The number of nitrogens with one attached hydrogen (secondary N) is 2. The van der Waals surface area contributed by atoms with Crippen LogP contribution in [-0.4, -0.2) is 50.8 Å². The molecule has 9 heteroatoms. The highest BCUT2D eigenvalue weighted by molar-refractivity contribution is 5.98. The van der Waals surface area contributed by atoms with E-state index < -0.39 is 24.7 Å². The Morgan fingerprint density at radius 3 is 3.05 bits per heavy atom. The third-order valence-corrected chi connectivity index (χ3v) is 3.28. The second kappa shape index (κ2) is 4.46. The fourth-order valence-corrected chi connectivity index (χ4v) is 2.33. The molecule has 3 heterocycles. The number of hydrogen-bond acceptors (Lipinski definition) is 7. The molecule has 9 nitrogen and oxygen atoms in total. The van der Waals surface area contributed by atoms with Crippen LogP contribution in [0.1, 0.15) is 23.1 Å². The molecule has 4 atom stereocenters. The van der Waals surface area contributed by atoms with E-state index in [2.05, 4.69) is 15.6 Å². The van der Waals surface area contributed by atoms with E-state index in [-0.39, 0.29) is 18.2 Å². The van der Waals surface area contributed by atoms with Crippen molar-refractivity contribution in [3.8, 4) is 0 Å². The topological polar surface area (TPSA) is 135 Å². The van der Waals surface area contributed by atoms with E-state index in [1.54, 1.807) is 4.57 Å². The summed E-state index contributed by atoms with van der Waals surface area (Å²) in [6.45, 7) is -0.262. The van der Waals surface area contributed by atoms with Gasteiger partial charge >= 0.3 is 0 Å². The number of fused-ring (bicyclic) bond motifs is 1. The van der Waals surface area contributed by atoms with Crippen molar-refractivity contribution in [3.63, 3.8) is 0 Å². The molecule has 1 saturated heterocycles. The van der Waals surface area contributed by atoms with Crippen LogP contribution in [0.3, 0.4) is 0 Å². The molecule has 0 radical (unpaired) electrons. The number of carbonyl (C=O) groups is 1. The van der Waals surface area contributed by atoms with Crippen molar-refractivity contribution in [3.05, 3.63) is 12.0 Å². The molecular formula is C10H15N5O4. The van der Waals surface area contributed by atoms with Gasteiger partial charge in [0.25, 0.3) is 5.91 Å². The van der Waals surface area contributed by atoms with E-state index in [1.165, 1.54) is 6.33 Å². The Labute approximate surface area is 108 Å². The van der Waals surface area contributed by atoms with E-state index in [1.807, 2.05) is 0 Å². The monoisotopic (exact) mass is 269 g/mol. The maximum atomic E-state index is 11.7. The number of aliphatic hydroxyl groups excluding tert-OH is 2. The normalized spacial score (nSPS) is 33.7. The first-order valence-corrected chi connectivity index (χ1v) is 5.94. The van der Waals surface area contributed by atoms with Crippen molar-refractivity contribution >= 4 is 11.7 Å².